The van der Waals surface area contributed by atoms with Crippen molar-refractivity contribution >= 4 is 15.9 Å². The Morgan fingerprint density at radius 2 is 2.00 bits per heavy atom. The van der Waals surface area contributed by atoms with Crippen LogP contribution in [0.15, 0.2) is 39.5 Å². The van der Waals surface area contributed by atoms with E-state index in [1.165, 1.54) is 0 Å². The van der Waals surface area contributed by atoms with E-state index in [0.29, 0.717) is 4.67 Å². The van der Waals surface area contributed by atoms with Gasteiger partial charge in [0.05, 0.1) is 7.11 Å². The zero-order chi connectivity index (χ0) is 9.97. The Labute approximate surface area is 89.8 Å². The van der Waals surface area contributed by atoms with Gasteiger partial charge in [0.15, 0.2) is 0 Å². The Hall–Kier alpha value is -1.29. The molecule has 2 rings (SSSR count). The zero-order valence-corrected chi connectivity index (χ0v) is 9.11. The number of hydrogen-bond donors (Lipinski definition) is 0. The molecule has 2 aromatic rings. The summed E-state index contributed by atoms with van der Waals surface area (Å²) in [5, 5.41) is 3.88. The maximum absolute atomic E-state index is 5.06. The van der Waals surface area contributed by atoms with E-state index in [2.05, 4.69) is 21.1 Å². The molecule has 0 N–H and O–H groups in total. The Morgan fingerprint density at radius 1 is 1.29 bits per heavy atom. The first kappa shape index (κ1) is 9.27. The van der Waals surface area contributed by atoms with Gasteiger partial charge >= 0.3 is 0 Å². The first-order chi connectivity index (χ1) is 6.79. The first-order valence-corrected chi connectivity index (χ1v) is 4.85. The maximum atomic E-state index is 5.06. The molecule has 0 radical (unpaired) electrons. The van der Waals surface area contributed by atoms with Crippen molar-refractivity contribution in [1.82, 2.24) is 5.16 Å². The second kappa shape index (κ2) is 3.84. The van der Waals surface area contributed by atoms with Gasteiger partial charge in [-0.3, -0.25) is 0 Å². The average molecular weight is 254 g/mol. The van der Waals surface area contributed by atoms with E-state index >= 15 is 0 Å². The van der Waals surface area contributed by atoms with E-state index in [1.54, 1.807) is 7.11 Å². The van der Waals surface area contributed by atoms with Crippen molar-refractivity contribution in [3.05, 3.63) is 35.0 Å². The van der Waals surface area contributed by atoms with Crippen LogP contribution >= 0.6 is 15.9 Å². The number of methoxy groups -OCH3 is 1. The van der Waals surface area contributed by atoms with Crippen molar-refractivity contribution in [3.63, 3.8) is 0 Å². The van der Waals surface area contributed by atoms with Crippen LogP contribution in [-0.4, -0.2) is 12.3 Å². The van der Waals surface area contributed by atoms with Crippen LogP contribution in [0.3, 0.4) is 0 Å². The Kier molecular flexibility index (Phi) is 2.54. The summed E-state index contributed by atoms with van der Waals surface area (Å²) >= 11 is 3.20. The molecular formula is C10H8BrNO2. The molecule has 0 spiro atoms. The standard InChI is InChI=1S/C10H8BrNO2/c1-13-8-4-2-7(3-5-8)9-6-10(11)14-12-9/h2-6H,1H3. The van der Waals surface area contributed by atoms with Gasteiger partial charge < -0.3 is 9.26 Å². The lowest BCUT2D eigenvalue weighted by atomic mass is 10.1. The number of benzene rings is 1. The fraction of sp³-hybridized carbons (Fsp3) is 0.100. The Balaban J connectivity index is 2.33. The highest BCUT2D eigenvalue weighted by atomic mass is 79.9. The third kappa shape index (κ3) is 1.80. The summed E-state index contributed by atoms with van der Waals surface area (Å²) in [7, 11) is 1.64. The molecule has 0 saturated heterocycles. The highest BCUT2D eigenvalue weighted by Crippen LogP contribution is 2.23. The molecular weight excluding hydrogens is 246 g/mol. The second-order valence-corrected chi connectivity index (χ2v) is 3.53. The van der Waals surface area contributed by atoms with Gasteiger partial charge in [0, 0.05) is 11.6 Å². The maximum Gasteiger partial charge on any atom is 0.202 e. The monoisotopic (exact) mass is 253 g/mol. The summed E-state index contributed by atoms with van der Waals surface area (Å²) in [6.45, 7) is 0. The minimum atomic E-state index is 0.628. The number of halogens is 1. The highest BCUT2D eigenvalue weighted by molar-refractivity contribution is 9.10. The average Bonchev–Trinajstić information content (AvgIpc) is 2.65. The van der Waals surface area contributed by atoms with Crippen molar-refractivity contribution in [2.75, 3.05) is 7.11 Å². The fourth-order valence-electron chi connectivity index (χ4n) is 1.15. The molecule has 14 heavy (non-hydrogen) atoms. The van der Waals surface area contributed by atoms with E-state index in [9.17, 15) is 0 Å². The molecule has 3 nitrogen and oxygen atoms in total. The van der Waals surface area contributed by atoms with E-state index in [0.717, 1.165) is 17.0 Å². The molecule has 1 aromatic heterocycles. The van der Waals surface area contributed by atoms with Gasteiger partial charge in [0.25, 0.3) is 0 Å². The van der Waals surface area contributed by atoms with Gasteiger partial charge in [-0.2, -0.15) is 0 Å². The van der Waals surface area contributed by atoms with Gasteiger partial charge in [-0.15, -0.1) is 0 Å². The predicted octanol–water partition coefficient (Wildman–Crippen LogP) is 3.11. The smallest absolute Gasteiger partial charge is 0.202 e. The minimum absolute atomic E-state index is 0.628. The third-order valence-electron chi connectivity index (χ3n) is 1.87. The topological polar surface area (TPSA) is 35.3 Å². The molecule has 4 heteroatoms. The summed E-state index contributed by atoms with van der Waals surface area (Å²) in [4.78, 5) is 0. The summed E-state index contributed by atoms with van der Waals surface area (Å²) in [5.74, 6) is 0.830. The van der Waals surface area contributed by atoms with Crippen molar-refractivity contribution in [2.45, 2.75) is 0 Å². The number of nitrogens with zero attached hydrogens (tertiary/aromatic N) is 1. The van der Waals surface area contributed by atoms with Gasteiger partial charge in [-0.25, -0.2) is 0 Å². The molecule has 0 saturated carbocycles. The summed E-state index contributed by atoms with van der Waals surface area (Å²) in [5.41, 5.74) is 1.81. The fourth-order valence-corrected chi connectivity index (χ4v) is 1.44. The van der Waals surface area contributed by atoms with Crippen molar-refractivity contribution in [2.24, 2.45) is 0 Å². The van der Waals surface area contributed by atoms with Crippen LogP contribution in [0.1, 0.15) is 0 Å². The SMILES string of the molecule is COc1ccc(-c2cc(Br)on2)cc1. The highest BCUT2D eigenvalue weighted by Gasteiger charge is 2.03. The molecule has 0 aliphatic carbocycles. The molecule has 0 bridgehead atoms. The first-order valence-electron chi connectivity index (χ1n) is 4.06. The summed E-state index contributed by atoms with van der Waals surface area (Å²) in [6.07, 6.45) is 0. The number of rotatable bonds is 2. The van der Waals surface area contributed by atoms with Gasteiger partial charge in [-0.1, -0.05) is 5.16 Å². The molecule has 0 aliphatic heterocycles. The summed E-state index contributed by atoms with van der Waals surface area (Å²) < 4.78 is 10.6. The lowest BCUT2D eigenvalue weighted by Crippen LogP contribution is -1.82. The van der Waals surface area contributed by atoms with E-state index in [4.69, 9.17) is 9.26 Å². The van der Waals surface area contributed by atoms with Crippen LogP contribution in [0.2, 0.25) is 0 Å². The van der Waals surface area contributed by atoms with Crippen LogP contribution in [-0.2, 0) is 0 Å². The number of ether oxygens (including phenoxy) is 1. The molecule has 72 valence electrons. The van der Waals surface area contributed by atoms with E-state index in [1.807, 2.05) is 30.3 Å². The second-order valence-electron chi connectivity index (χ2n) is 2.74. The molecule has 1 heterocycles. The van der Waals surface area contributed by atoms with Gasteiger partial charge in [-0.05, 0) is 40.2 Å². The van der Waals surface area contributed by atoms with E-state index in [-0.39, 0.29) is 0 Å². The normalized spacial score (nSPS) is 10.1. The van der Waals surface area contributed by atoms with Crippen LogP contribution < -0.4 is 4.74 Å². The molecule has 0 atom stereocenters. The van der Waals surface area contributed by atoms with Crippen LogP contribution in [0.4, 0.5) is 0 Å². The molecule has 0 amide bonds. The van der Waals surface area contributed by atoms with Crippen molar-refractivity contribution in [1.29, 1.82) is 0 Å². The van der Waals surface area contributed by atoms with Gasteiger partial charge in [0.1, 0.15) is 11.4 Å². The quantitative estimate of drug-likeness (QED) is 0.825. The lowest BCUT2D eigenvalue weighted by molar-refractivity contribution is 0.402. The lowest BCUT2D eigenvalue weighted by Gasteiger charge is -1.99. The van der Waals surface area contributed by atoms with Crippen LogP contribution in [0.5, 0.6) is 5.75 Å². The predicted molar refractivity (Wildman–Crippen MR) is 56.2 cm³/mol. The molecule has 0 aliphatic rings. The zero-order valence-electron chi connectivity index (χ0n) is 7.53. The van der Waals surface area contributed by atoms with Crippen molar-refractivity contribution in [3.8, 4) is 17.0 Å². The largest absolute Gasteiger partial charge is 0.497 e. The summed E-state index contributed by atoms with van der Waals surface area (Å²) in [6, 6.07) is 9.46. The Morgan fingerprint density at radius 3 is 2.50 bits per heavy atom. The van der Waals surface area contributed by atoms with Gasteiger partial charge in [0.2, 0.25) is 4.67 Å². The Bertz CT molecular complexity index is 422. The number of aromatic nitrogens is 1. The third-order valence-corrected chi connectivity index (χ3v) is 2.24. The molecule has 1 aromatic carbocycles. The van der Waals surface area contributed by atoms with Crippen LogP contribution in [0.25, 0.3) is 11.3 Å². The minimum Gasteiger partial charge on any atom is -0.497 e. The molecule has 0 fully saturated rings. The van der Waals surface area contributed by atoms with E-state index < -0.39 is 0 Å². The molecule has 0 unspecified atom stereocenters. The van der Waals surface area contributed by atoms with Crippen molar-refractivity contribution < 1.29 is 9.26 Å². The van der Waals surface area contributed by atoms with Crippen LogP contribution in [0, 0.1) is 0 Å². The number of hydrogen-bond acceptors (Lipinski definition) is 3.